The van der Waals surface area contributed by atoms with Gasteiger partial charge in [0.05, 0.1) is 35.1 Å². The summed E-state index contributed by atoms with van der Waals surface area (Å²) in [6.45, 7) is 2.38. The average Bonchev–Trinajstić information content (AvgIpc) is 3.39. The quantitative estimate of drug-likeness (QED) is 0.514. The third kappa shape index (κ3) is 3.92. The molecule has 0 fully saturated rings. The van der Waals surface area contributed by atoms with Crippen molar-refractivity contribution in [1.82, 2.24) is 19.4 Å². The highest BCUT2D eigenvalue weighted by molar-refractivity contribution is 7.99. The van der Waals surface area contributed by atoms with Crippen LogP contribution >= 0.6 is 11.8 Å². The van der Waals surface area contributed by atoms with E-state index in [1.807, 2.05) is 36.7 Å². The molecule has 0 aliphatic carbocycles. The van der Waals surface area contributed by atoms with E-state index in [4.69, 9.17) is 0 Å². The van der Waals surface area contributed by atoms with Crippen LogP contribution in [0.2, 0.25) is 0 Å². The zero-order valence-electron chi connectivity index (χ0n) is 16.2. The molecule has 0 saturated heterocycles. The third-order valence-corrected chi connectivity index (χ3v) is 5.77. The number of benzene rings is 1. The van der Waals surface area contributed by atoms with Gasteiger partial charge < -0.3 is 5.11 Å². The predicted molar refractivity (Wildman–Crippen MR) is 113 cm³/mol. The van der Waals surface area contributed by atoms with E-state index in [0.717, 1.165) is 20.9 Å². The molecule has 0 aliphatic heterocycles. The normalized spacial score (nSPS) is 11.9. The molecule has 0 unspecified atom stereocenters. The highest BCUT2D eigenvalue weighted by atomic mass is 32.2. The standard InChI is InChI=1S/C22H18N6OS/c1-15(29)6-7-27-13-19(12-25-27)17-8-21(22-18(10-24)11-26-28(22)14-17)30-20-5-3-2-4-16(20)9-23/h2-5,8,11-15,29H,6-7H2,1H3/t15-/m1/s1. The van der Waals surface area contributed by atoms with Gasteiger partial charge in [0.15, 0.2) is 0 Å². The first-order valence-corrected chi connectivity index (χ1v) is 10.2. The molecule has 1 aromatic carbocycles. The van der Waals surface area contributed by atoms with Crippen molar-refractivity contribution < 1.29 is 5.11 Å². The summed E-state index contributed by atoms with van der Waals surface area (Å²) in [6, 6.07) is 13.8. The van der Waals surface area contributed by atoms with Gasteiger partial charge in [0.2, 0.25) is 0 Å². The highest BCUT2D eigenvalue weighted by Crippen LogP contribution is 2.36. The zero-order chi connectivity index (χ0) is 21.1. The monoisotopic (exact) mass is 414 g/mol. The summed E-state index contributed by atoms with van der Waals surface area (Å²) < 4.78 is 3.49. The van der Waals surface area contributed by atoms with Crippen molar-refractivity contribution in [3.63, 3.8) is 0 Å². The second-order valence-electron chi connectivity index (χ2n) is 6.90. The summed E-state index contributed by atoms with van der Waals surface area (Å²) in [7, 11) is 0. The van der Waals surface area contributed by atoms with Gasteiger partial charge in [-0.3, -0.25) is 4.68 Å². The van der Waals surface area contributed by atoms with Crippen molar-refractivity contribution >= 4 is 17.3 Å². The van der Waals surface area contributed by atoms with Crippen molar-refractivity contribution in [3.05, 3.63) is 66.2 Å². The van der Waals surface area contributed by atoms with Crippen LogP contribution < -0.4 is 0 Å². The van der Waals surface area contributed by atoms with Crippen molar-refractivity contribution in [1.29, 1.82) is 10.5 Å². The maximum atomic E-state index is 9.51. The molecule has 0 amide bonds. The summed E-state index contributed by atoms with van der Waals surface area (Å²) >= 11 is 1.44. The lowest BCUT2D eigenvalue weighted by molar-refractivity contribution is 0.176. The van der Waals surface area contributed by atoms with Gasteiger partial charge in [-0.25, -0.2) is 4.52 Å². The number of fused-ring (bicyclic) bond motifs is 1. The minimum atomic E-state index is -0.384. The topological polar surface area (TPSA) is 103 Å². The molecule has 148 valence electrons. The number of nitriles is 2. The molecule has 4 rings (SSSR count). The number of hydrogen-bond donors (Lipinski definition) is 1. The molecular formula is C22H18N6OS. The second-order valence-corrected chi connectivity index (χ2v) is 7.98. The molecule has 4 aromatic rings. The fraction of sp³-hybridized carbons (Fsp3) is 0.182. The van der Waals surface area contributed by atoms with Crippen molar-refractivity contribution in [2.45, 2.75) is 35.8 Å². The molecule has 1 atom stereocenters. The lowest BCUT2D eigenvalue weighted by atomic mass is 10.1. The van der Waals surface area contributed by atoms with Crippen LogP contribution in [-0.2, 0) is 6.54 Å². The van der Waals surface area contributed by atoms with E-state index in [-0.39, 0.29) is 6.10 Å². The Labute approximate surface area is 177 Å². The number of hydrogen-bond acceptors (Lipinski definition) is 6. The van der Waals surface area contributed by atoms with Crippen LogP contribution in [0.1, 0.15) is 24.5 Å². The van der Waals surface area contributed by atoms with Gasteiger partial charge in [-0.05, 0) is 31.5 Å². The van der Waals surface area contributed by atoms with Crippen LogP contribution in [-0.4, -0.2) is 30.6 Å². The van der Waals surface area contributed by atoms with Gasteiger partial charge in [0, 0.05) is 39.9 Å². The fourth-order valence-corrected chi connectivity index (χ4v) is 4.22. The lowest BCUT2D eigenvalue weighted by Gasteiger charge is -2.09. The average molecular weight is 414 g/mol. The predicted octanol–water partition coefficient (Wildman–Crippen LogP) is 3.86. The lowest BCUT2D eigenvalue weighted by Crippen LogP contribution is -2.06. The minimum absolute atomic E-state index is 0.384. The maximum Gasteiger partial charge on any atom is 0.103 e. The Morgan fingerprint density at radius 2 is 1.83 bits per heavy atom. The summed E-state index contributed by atoms with van der Waals surface area (Å²) in [5.74, 6) is 0. The first kappa shape index (κ1) is 19.7. The zero-order valence-corrected chi connectivity index (χ0v) is 17.0. The van der Waals surface area contributed by atoms with Gasteiger partial charge in [-0.15, -0.1) is 0 Å². The third-order valence-electron chi connectivity index (χ3n) is 4.67. The minimum Gasteiger partial charge on any atom is -0.393 e. The highest BCUT2D eigenvalue weighted by Gasteiger charge is 2.15. The van der Waals surface area contributed by atoms with Gasteiger partial charge in [0.1, 0.15) is 12.1 Å². The number of aromatic nitrogens is 4. The van der Waals surface area contributed by atoms with E-state index in [1.165, 1.54) is 11.8 Å². The molecule has 7 nitrogen and oxygen atoms in total. The molecule has 8 heteroatoms. The molecular weight excluding hydrogens is 396 g/mol. The summed E-state index contributed by atoms with van der Waals surface area (Å²) in [5.41, 5.74) is 3.57. The SMILES string of the molecule is C[C@@H](O)CCn1cc(-c2cc(Sc3ccccc3C#N)c3c(C#N)cnn3c2)cn1. The van der Waals surface area contributed by atoms with Crippen LogP contribution in [0.3, 0.4) is 0 Å². The van der Waals surface area contributed by atoms with E-state index < -0.39 is 0 Å². The number of nitrogens with zero attached hydrogens (tertiary/aromatic N) is 6. The molecule has 30 heavy (non-hydrogen) atoms. The molecule has 1 N–H and O–H groups in total. The summed E-state index contributed by atoms with van der Waals surface area (Å²) in [5, 5.41) is 37.2. The van der Waals surface area contributed by atoms with E-state index in [2.05, 4.69) is 22.3 Å². The molecule has 0 radical (unpaired) electrons. The van der Waals surface area contributed by atoms with Crippen molar-refractivity contribution in [3.8, 4) is 23.3 Å². The molecule has 0 spiro atoms. The molecule has 3 aromatic heterocycles. The smallest absolute Gasteiger partial charge is 0.103 e. The van der Waals surface area contributed by atoms with E-state index in [9.17, 15) is 15.6 Å². The Bertz CT molecular complexity index is 1290. The van der Waals surface area contributed by atoms with E-state index >= 15 is 0 Å². The number of aliphatic hydroxyl groups is 1. The number of pyridine rings is 1. The molecule has 0 bridgehead atoms. The summed E-state index contributed by atoms with van der Waals surface area (Å²) in [4.78, 5) is 1.65. The van der Waals surface area contributed by atoms with Crippen LogP contribution in [0, 0.1) is 22.7 Å². The fourth-order valence-electron chi connectivity index (χ4n) is 3.12. The second kappa shape index (κ2) is 8.42. The molecule has 0 aliphatic rings. The Hall–Kier alpha value is -3.59. The number of rotatable bonds is 6. The molecule has 0 saturated carbocycles. The Morgan fingerprint density at radius 3 is 2.60 bits per heavy atom. The maximum absolute atomic E-state index is 9.51. The Balaban J connectivity index is 1.78. The van der Waals surface area contributed by atoms with E-state index in [1.54, 1.807) is 34.6 Å². The van der Waals surface area contributed by atoms with Gasteiger partial charge >= 0.3 is 0 Å². The largest absolute Gasteiger partial charge is 0.393 e. The van der Waals surface area contributed by atoms with Crippen LogP contribution in [0.4, 0.5) is 0 Å². The Morgan fingerprint density at radius 1 is 1.03 bits per heavy atom. The Kier molecular flexibility index (Phi) is 5.53. The van der Waals surface area contributed by atoms with Gasteiger partial charge in [-0.2, -0.15) is 20.7 Å². The first-order valence-electron chi connectivity index (χ1n) is 9.38. The van der Waals surface area contributed by atoms with Gasteiger partial charge in [-0.1, -0.05) is 23.9 Å². The number of aryl methyl sites for hydroxylation is 1. The first-order chi connectivity index (χ1) is 14.6. The van der Waals surface area contributed by atoms with Gasteiger partial charge in [0.25, 0.3) is 0 Å². The summed E-state index contributed by atoms with van der Waals surface area (Å²) in [6.07, 6.45) is 7.35. The van der Waals surface area contributed by atoms with Crippen molar-refractivity contribution in [2.24, 2.45) is 0 Å². The van der Waals surface area contributed by atoms with Crippen LogP contribution in [0.25, 0.3) is 16.6 Å². The van der Waals surface area contributed by atoms with E-state index in [0.29, 0.717) is 29.6 Å². The van der Waals surface area contributed by atoms with Crippen LogP contribution in [0.5, 0.6) is 0 Å². The number of aliphatic hydroxyl groups excluding tert-OH is 1. The molecule has 3 heterocycles. The van der Waals surface area contributed by atoms with Crippen molar-refractivity contribution in [2.75, 3.05) is 0 Å². The van der Waals surface area contributed by atoms with Crippen LogP contribution in [0.15, 0.2) is 64.9 Å².